The molecule has 2 rings (SSSR count). The van der Waals surface area contributed by atoms with Crippen molar-refractivity contribution in [3.05, 3.63) is 35.6 Å². The van der Waals surface area contributed by atoms with Crippen LogP contribution in [0.1, 0.15) is 5.69 Å². The third kappa shape index (κ3) is 1.77. The van der Waals surface area contributed by atoms with Gasteiger partial charge in [0.1, 0.15) is 5.65 Å². The standard InChI is InChI=1S/C10H10ClN5/c1-13-6-7(5-12)8-4-9-14-2-3-16(9)10(11)15-8/h2-6H,12H2,1H3. The first-order valence-electron chi connectivity index (χ1n) is 4.60. The van der Waals surface area contributed by atoms with Gasteiger partial charge in [-0.25, -0.2) is 9.97 Å². The lowest BCUT2D eigenvalue weighted by Crippen LogP contribution is -1.99. The Labute approximate surface area is 97.3 Å². The van der Waals surface area contributed by atoms with Crippen molar-refractivity contribution in [1.29, 1.82) is 0 Å². The molecule has 0 spiro atoms. The summed E-state index contributed by atoms with van der Waals surface area (Å²) in [6.07, 6.45) is 6.46. The molecule has 0 saturated heterocycles. The molecule has 0 bridgehead atoms. The maximum absolute atomic E-state index is 6.00. The Balaban J connectivity index is 2.61. The number of nitrogens with two attached hydrogens (primary N) is 1. The molecule has 0 aliphatic rings. The van der Waals surface area contributed by atoms with E-state index in [0.29, 0.717) is 16.6 Å². The van der Waals surface area contributed by atoms with Gasteiger partial charge in [-0.05, 0) is 11.6 Å². The molecule has 6 heteroatoms. The Morgan fingerprint density at radius 1 is 1.62 bits per heavy atom. The van der Waals surface area contributed by atoms with Gasteiger partial charge in [-0.1, -0.05) is 0 Å². The van der Waals surface area contributed by atoms with Crippen LogP contribution in [0.25, 0.3) is 11.2 Å². The van der Waals surface area contributed by atoms with Crippen molar-refractivity contribution in [2.24, 2.45) is 10.7 Å². The molecule has 0 aliphatic carbocycles. The fraction of sp³-hybridized carbons (Fsp3) is 0.100. The second-order valence-corrected chi connectivity index (χ2v) is 3.41. The quantitative estimate of drug-likeness (QED) is 0.632. The number of imidazole rings is 1. The molecular formula is C10H10ClN5. The average molecular weight is 236 g/mol. The van der Waals surface area contributed by atoms with Gasteiger partial charge in [-0.3, -0.25) is 9.39 Å². The lowest BCUT2D eigenvalue weighted by atomic mass is 10.2. The first kappa shape index (κ1) is 10.6. The van der Waals surface area contributed by atoms with Crippen LogP contribution < -0.4 is 5.73 Å². The summed E-state index contributed by atoms with van der Waals surface area (Å²) in [5, 5.41) is 0.342. The number of aliphatic imine (C=N–C) groups is 1. The van der Waals surface area contributed by atoms with Gasteiger partial charge in [0.05, 0.1) is 5.69 Å². The fourth-order valence-electron chi connectivity index (χ4n) is 1.37. The number of hydrogen-bond donors (Lipinski definition) is 1. The zero-order chi connectivity index (χ0) is 11.5. The molecule has 5 nitrogen and oxygen atoms in total. The summed E-state index contributed by atoms with van der Waals surface area (Å²) in [7, 11) is 1.67. The van der Waals surface area contributed by atoms with Crippen LogP contribution in [0.2, 0.25) is 5.28 Å². The van der Waals surface area contributed by atoms with E-state index in [1.165, 1.54) is 6.20 Å². The number of rotatable bonds is 2. The highest BCUT2D eigenvalue weighted by atomic mass is 35.5. The van der Waals surface area contributed by atoms with Crippen LogP contribution >= 0.6 is 11.6 Å². The first-order valence-corrected chi connectivity index (χ1v) is 4.98. The summed E-state index contributed by atoms with van der Waals surface area (Å²) in [5.41, 5.74) is 7.57. The summed E-state index contributed by atoms with van der Waals surface area (Å²) in [6, 6.07) is 1.80. The van der Waals surface area contributed by atoms with Crippen molar-refractivity contribution in [2.75, 3.05) is 7.05 Å². The molecule has 0 aliphatic heterocycles. The molecule has 82 valence electrons. The molecule has 0 saturated carbocycles. The van der Waals surface area contributed by atoms with Crippen LogP contribution in [-0.4, -0.2) is 27.6 Å². The molecule has 16 heavy (non-hydrogen) atoms. The number of allylic oxidation sites excluding steroid dienone is 1. The largest absolute Gasteiger partial charge is 0.404 e. The molecular weight excluding hydrogens is 226 g/mol. The lowest BCUT2D eigenvalue weighted by molar-refractivity contribution is 1.07. The molecule has 0 atom stereocenters. The molecule has 2 aromatic rings. The van der Waals surface area contributed by atoms with Crippen LogP contribution in [0.3, 0.4) is 0 Å². The maximum atomic E-state index is 6.00. The Morgan fingerprint density at radius 3 is 3.12 bits per heavy atom. The van der Waals surface area contributed by atoms with Crippen LogP contribution in [-0.2, 0) is 0 Å². The summed E-state index contributed by atoms with van der Waals surface area (Å²) in [4.78, 5) is 12.3. The van der Waals surface area contributed by atoms with Crippen molar-refractivity contribution in [1.82, 2.24) is 14.4 Å². The van der Waals surface area contributed by atoms with E-state index >= 15 is 0 Å². The van der Waals surface area contributed by atoms with Gasteiger partial charge in [0.2, 0.25) is 5.28 Å². The van der Waals surface area contributed by atoms with Crippen molar-refractivity contribution in [3.63, 3.8) is 0 Å². The summed E-state index contributed by atoms with van der Waals surface area (Å²) >= 11 is 6.00. The molecule has 0 aromatic carbocycles. The van der Waals surface area contributed by atoms with E-state index in [9.17, 15) is 0 Å². The molecule has 2 N–H and O–H groups in total. The van der Waals surface area contributed by atoms with E-state index in [4.69, 9.17) is 17.3 Å². The van der Waals surface area contributed by atoms with Crippen LogP contribution in [0.5, 0.6) is 0 Å². The number of nitrogens with zero attached hydrogens (tertiary/aromatic N) is 4. The summed E-state index contributed by atoms with van der Waals surface area (Å²) in [6.45, 7) is 0. The van der Waals surface area contributed by atoms with Crippen LogP contribution in [0.4, 0.5) is 0 Å². The zero-order valence-corrected chi connectivity index (χ0v) is 9.39. The predicted molar refractivity (Wildman–Crippen MR) is 64.6 cm³/mol. The molecule has 2 heterocycles. The van der Waals surface area contributed by atoms with Crippen LogP contribution in [0, 0.1) is 0 Å². The van der Waals surface area contributed by atoms with E-state index in [2.05, 4.69) is 15.0 Å². The minimum Gasteiger partial charge on any atom is -0.404 e. The summed E-state index contributed by atoms with van der Waals surface area (Å²) < 4.78 is 1.68. The van der Waals surface area contributed by atoms with Gasteiger partial charge in [-0.2, -0.15) is 0 Å². The van der Waals surface area contributed by atoms with Crippen molar-refractivity contribution >= 4 is 29.0 Å². The van der Waals surface area contributed by atoms with E-state index in [0.717, 1.165) is 5.65 Å². The molecule has 0 amide bonds. The second-order valence-electron chi connectivity index (χ2n) is 3.08. The smallest absolute Gasteiger partial charge is 0.209 e. The average Bonchev–Trinajstić information content (AvgIpc) is 2.74. The van der Waals surface area contributed by atoms with Gasteiger partial charge >= 0.3 is 0 Å². The van der Waals surface area contributed by atoms with Gasteiger partial charge in [0.15, 0.2) is 0 Å². The second kappa shape index (κ2) is 4.32. The normalized spacial score (nSPS) is 12.8. The highest BCUT2D eigenvalue weighted by Crippen LogP contribution is 2.16. The SMILES string of the molecule is CN=CC(=CN)c1cc2nccn2c(Cl)n1. The maximum Gasteiger partial charge on any atom is 0.209 e. The van der Waals surface area contributed by atoms with Crippen LogP contribution in [0.15, 0.2) is 29.7 Å². The van der Waals surface area contributed by atoms with E-state index in [1.807, 2.05) is 0 Å². The van der Waals surface area contributed by atoms with Gasteiger partial charge < -0.3 is 5.73 Å². The first-order chi connectivity index (χ1) is 7.76. The minimum absolute atomic E-state index is 0.342. The summed E-state index contributed by atoms with van der Waals surface area (Å²) in [5.74, 6) is 0. The van der Waals surface area contributed by atoms with E-state index < -0.39 is 0 Å². The van der Waals surface area contributed by atoms with Crippen molar-refractivity contribution in [2.45, 2.75) is 0 Å². The predicted octanol–water partition coefficient (Wildman–Crippen LogP) is 1.38. The van der Waals surface area contributed by atoms with E-state index in [1.54, 1.807) is 36.1 Å². The Bertz CT molecular complexity index is 570. The minimum atomic E-state index is 0.342. The van der Waals surface area contributed by atoms with Gasteiger partial charge in [0.25, 0.3) is 0 Å². The van der Waals surface area contributed by atoms with E-state index in [-0.39, 0.29) is 0 Å². The number of fused-ring (bicyclic) bond motifs is 1. The topological polar surface area (TPSA) is 68.6 Å². The van der Waals surface area contributed by atoms with Gasteiger partial charge in [0, 0.05) is 43.5 Å². The lowest BCUT2D eigenvalue weighted by Gasteiger charge is -2.03. The zero-order valence-electron chi connectivity index (χ0n) is 8.63. The number of aromatic nitrogens is 3. The third-order valence-corrected chi connectivity index (χ3v) is 2.36. The molecule has 0 fully saturated rings. The highest BCUT2D eigenvalue weighted by Gasteiger charge is 2.06. The molecule has 2 aromatic heterocycles. The number of hydrogen-bond acceptors (Lipinski definition) is 4. The Kier molecular flexibility index (Phi) is 2.87. The van der Waals surface area contributed by atoms with Crippen molar-refractivity contribution < 1.29 is 0 Å². The van der Waals surface area contributed by atoms with Crippen molar-refractivity contribution in [3.8, 4) is 0 Å². The molecule has 0 unspecified atom stereocenters. The monoisotopic (exact) mass is 235 g/mol. The third-order valence-electron chi connectivity index (χ3n) is 2.09. The molecule has 0 radical (unpaired) electrons. The fourth-order valence-corrected chi connectivity index (χ4v) is 1.60. The number of halogens is 1. The highest BCUT2D eigenvalue weighted by molar-refractivity contribution is 6.28. The Hall–Kier alpha value is -1.88. The Morgan fingerprint density at radius 2 is 2.44 bits per heavy atom. The van der Waals surface area contributed by atoms with Gasteiger partial charge in [-0.15, -0.1) is 0 Å².